The number of aromatic nitrogens is 2. The van der Waals surface area contributed by atoms with E-state index in [0.29, 0.717) is 25.2 Å². The Morgan fingerprint density at radius 2 is 2.00 bits per heavy atom. The number of alkyl halides is 3. The van der Waals surface area contributed by atoms with Gasteiger partial charge in [-0.15, -0.1) is 0 Å². The van der Waals surface area contributed by atoms with Crippen LogP contribution in [0.4, 0.5) is 18.0 Å². The summed E-state index contributed by atoms with van der Waals surface area (Å²) in [5.41, 5.74) is -1.42. The Hall–Kier alpha value is -3.50. The number of alkyl carbamates (subject to hydrolysis) is 1. The van der Waals surface area contributed by atoms with Crippen molar-refractivity contribution in [2.45, 2.75) is 84.0 Å². The minimum absolute atomic E-state index is 0.0264. The molecular formula is C28H37F3N4O4. The van der Waals surface area contributed by atoms with Gasteiger partial charge in [-0.25, -0.2) is 4.79 Å². The summed E-state index contributed by atoms with van der Waals surface area (Å²) in [6.45, 7) is 12.0. The lowest BCUT2D eigenvalue weighted by Gasteiger charge is -2.27. The number of carbonyl (C=O) groups excluding carboxylic acids is 1. The lowest BCUT2D eigenvalue weighted by molar-refractivity contribution is -0.138. The van der Waals surface area contributed by atoms with Gasteiger partial charge in [0.1, 0.15) is 23.2 Å². The van der Waals surface area contributed by atoms with Gasteiger partial charge in [-0.3, -0.25) is 5.32 Å². The molecule has 1 saturated heterocycles. The third-order valence-electron chi connectivity index (χ3n) is 5.95. The van der Waals surface area contributed by atoms with Crippen LogP contribution in [0.2, 0.25) is 0 Å². The van der Waals surface area contributed by atoms with Crippen LogP contribution in [0, 0.1) is 0 Å². The van der Waals surface area contributed by atoms with E-state index in [1.807, 2.05) is 12.2 Å². The normalized spacial score (nSPS) is 16.1. The average Bonchev–Trinajstić information content (AvgIpc) is 3.51. The highest BCUT2D eigenvalue weighted by molar-refractivity contribution is 5.69. The quantitative estimate of drug-likeness (QED) is 0.230. The first-order valence-corrected chi connectivity index (χ1v) is 13.2. The van der Waals surface area contributed by atoms with Crippen molar-refractivity contribution in [3.63, 3.8) is 0 Å². The van der Waals surface area contributed by atoms with E-state index in [0.717, 1.165) is 31.7 Å². The zero-order valence-electron chi connectivity index (χ0n) is 22.9. The van der Waals surface area contributed by atoms with Crippen molar-refractivity contribution in [3.05, 3.63) is 54.2 Å². The lowest BCUT2D eigenvalue weighted by atomic mass is 10.1. The van der Waals surface area contributed by atoms with Gasteiger partial charge in [-0.2, -0.15) is 18.2 Å². The highest BCUT2D eigenvalue weighted by atomic mass is 19.4. The van der Waals surface area contributed by atoms with Gasteiger partial charge in [0, 0.05) is 12.1 Å². The molecule has 1 aliphatic rings. The zero-order valence-corrected chi connectivity index (χ0v) is 22.9. The molecule has 0 spiro atoms. The molecule has 0 unspecified atom stereocenters. The van der Waals surface area contributed by atoms with Gasteiger partial charge in [-0.05, 0) is 64.7 Å². The molecule has 1 N–H and O–H groups in total. The second kappa shape index (κ2) is 13.0. The molecule has 1 fully saturated rings. The van der Waals surface area contributed by atoms with Crippen molar-refractivity contribution in [3.8, 4) is 17.1 Å². The maximum atomic E-state index is 13.8. The van der Waals surface area contributed by atoms with Crippen molar-refractivity contribution in [2.24, 2.45) is 0 Å². The first kappa shape index (κ1) is 30.0. The van der Waals surface area contributed by atoms with Crippen molar-refractivity contribution >= 4 is 6.09 Å². The number of ether oxygens (including phenoxy) is 2. The van der Waals surface area contributed by atoms with Crippen LogP contribution in [-0.4, -0.2) is 39.9 Å². The molecule has 8 nitrogen and oxygen atoms in total. The molecule has 0 bridgehead atoms. The number of benzene rings is 1. The molecule has 1 aliphatic heterocycles. The van der Waals surface area contributed by atoms with E-state index in [1.54, 1.807) is 25.7 Å². The van der Waals surface area contributed by atoms with E-state index in [9.17, 15) is 18.0 Å². The average molecular weight is 551 g/mol. The molecule has 1 aromatic heterocycles. The molecule has 2 aromatic rings. The van der Waals surface area contributed by atoms with Crippen LogP contribution in [0.5, 0.6) is 5.75 Å². The maximum absolute atomic E-state index is 13.8. The molecule has 11 heteroatoms. The third-order valence-corrected chi connectivity index (χ3v) is 5.95. The van der Waals surface area contributed by atoms with Crippen molar-refractivity contribution in [1.29, 1.82) is 0 Å². The zero-order chi connectivity index (χ0) is 28.6. The summed E-state index contributed by atoms with van der Waals surface area (Å²) in [6.07, 6.45) is 3.71. The number of carbonyl (C=O) groups is 1. The Labute approximate surface area is 227 Å². The number of rotatable bonds is 11. The van der Waals surface area contributed by atoms with E-state index >= 15 is 0 Å². The predicted molar refractivity (Wildman–Crippen MR) is 141 cm³/mol. The van der Waals surface area contributed by atoms with Crippen LogP contribution in [0.1, 0.15) is 83.7 Å². The van der Waals surface area contributed by atoms with Gasteiger partial charge < -0.3 is 18.9 Å². The smallest absolute Gasteiger partial charge is 0.419 e. The molecule has 1 amide bonds. The Bertz CT molecular complexity index is 1150. The van der Waals surface area contributed by atoms with Gasteiger partial charge >= 0.3 is 12.3 Å². The molecule has 0 radical (unpaired) electrons. The Morgan fingerprint density at radius 1 is 1.26 bits per heavy atom. The number of likely N-dealkylation sites (tertiary alicyclic amines) is 1. The highest BCUT2D eigenvalue weighted by Crippen LogP contribution is 2.39. The topological polar surface area (TPSA) is 89.7 Å². The summed E-state index contributed by atoms with van der Waals surface area (Å²) < 4.78 is 57.7. The molecule has 2 heterocycles. The molecule has 1 atom stereocenters. The van der Waals surface area contributed by atoms with Crippen LogP contribution in [0.3, 0.4) is 0 Å². The Balaban J connectivity index is 1.71. The number of hydrogen-bond acceptors (Lipinski definition) is 7. The third kappa shape index (κ3) is 8.76. The van der Waals surface area contributed by atoms with Crippen molar-refractivity contribution < 1.29 is 32.0 Å². The van der Waals surface area contributed by atoms with E-state index in [4.69, 9.17) is 14.0 Å². The number of halogens is 3. The summed E-state index contributed by atoms with van der Waals surface area (Å²) in [5, 5.41) is 6.54. The molecular weight excluding hydrogens is 513 g/mol. The van der Waals surface area contributed by atoms with Crippen molar-refractivity contribution in [1.82, 2.24) is 20.4 Å². The number of allylic oxidation sites excluding steroid dienone is 1. The highest BCUT2D eigenvalue weighted by Gasteiger charge is 2.36. The minimum Gasteiger partial charge on any atom is -0.493 e. The van der Waals surface area contributed by atoms with Crippen LogP contribution < -0.4 is 10.1 Å². The van der Waals surface area contributed by atoms with Gasteiger partial charge in [0.05, 0.1) is 12.2 Å². The summed E-state index contributed by atoms with van der Waals surface area (Å²) >= 11 is 0. The summed E-state index contributed by atoms with van der Waals surface area (Å²) in [6, 6.07) is 3.34. The molecule has 3 rings (SSSR count). The van der Waals surface area contributed by atoms with Gasteiger partial charge in [0.15, 0.2) is 0 Å². The van der Waals surface area contributed by atoms with E-state index in [2.05, 4.69) is 29.0 Å². The van der Waals surface area contributed by atoms with Gasteiger partial charge in [-0.1, -0.05) is 43.7 Å². The molecule has 1 aromatic carbocycles. The van der Waals surface area contributed by atoms with Crippen LogP contribution in [-0.2, 0) is 10.9 Å². The molecule has 39 heavy (non-hydrogen) atoms. The molecule has 214 valence electrons. The van der Waals surface area contributed by atoms with E-state index in [1.165, 1.54) is 12.1 Å². The molecule has 0 saturated carbocycles. The fourth-order valence-electron chi connectivity index (χ4n) is 4.14. The monoisotopic (exact) mass is 550 g/mol. The standard InChI is InChI=1S/C28H37F3N4O4/c1-6-7-8-9-10-11-17-37-23-15-14-20(18-21(23)28(29,30)31)24-33-25(39-34-24)22-13-12-16-35(22)19(2)32-26(36)38-27(3,4)5/h9-10,14-15,18,22H,2,6-8,11-13,16-17H2,1,3-5H3,(H,32,36)/b10-9-/t22-/m0/s1. The largest absolute Gasteiger partial charge is 0.493 e. The van der Waals surface area contributed by atoms with Gasteiger partial charge in [0.2, 0.25) is 11.7 Å². The van der Waals surface area contributed by atoms with Crippen LogP contribution in [0.25, 0.3) is 11.4 Å². The Morgan fingerprint density at radius 3 is 2.69 bits per heavy atom. The number of hydrogen-bond donors (Lipinski definition) is 1. The summed E-state index contributed by atoms with van der Waals surface area (Å²) in [7, 11) is 0. The maximum Gasteiger partial charge on any atom is 0.419 e. The van der Waals surface area contributed by atoms with E-state index < -0.39 is 23.4 Å². The molecule has 0 aliphatic carbocycles. The van der Waals surface area contributed by atoms with Crippen LogP contribution >= 0.6 is 0 Å². The number of nitrogens with one attached hydrogen (secondary N) is 1. The number of nitrogens with zero attached hydrogens (tertiary/aromatic N) is 3. The number of amides is 1. The fraction of sp³-hybridized carbons (Fsp3) is 0.536. The lowest BCUT2D eigenvalue weighted by Crippen LogP contribution is -2.37. The first-order chi connectivity index (χ1) is 18.4. The summed E-state index contributed by atoms with van der Waals surface area (Å²) in [4.78, 5) is 18.3. The predicted octanol–water partition coefficient (Wildman–Crippen LogP) is 7.40. The SMILES string of the molecule is C=C(NC(=O)OC(C)(C)C)N1CCC[C@H]1c1nc(-c2ccc(OCC/C=C\CCCC)c(C(F)(F)F)c2)no1. The second-order valence-corrected chi connectivity index (χ2v) is 10.3. The van der Waals surface area contributed by atoms with Crippen molar-refractivity contribution in [2.75, 3.05) is 13.2 Å². The van der Waals surface area contributed by atoms with E-state index in [-0.39, 0.29) is 35.7 Å². The van der Waals surface area contributed by atoms with Crippen LogP contribution in [0.15, 0.2) is 47.3 Å². The fourth-order valence-corrected chi connectivity index (χ4v) is 4.14. The summed E-state index contributed by atoms with van der Waals surface area (Å²) in [5.74, 6) is 0.313. The second-order valence-electron chi connectivity index (χ2n) is 10.3. The number of unbranched alkanes of at least 4 members (excludes halogenated alkanes) is 2. The Kier molecular flexibility index (Phi) is 10.0. The first-order valence-electron chi connectivity index (χ1n) is 13.2. The minimum atomic E-state index is -4.62. The van der Waals surface area contributed by atoms with Gasteiger partial charge in [0.25, 0.3) is 0 Å².